The van der Waals surface area contributed by atoms with Gasteiger partial charge in [0.15, 0.2) is 0 Å². The van der Waals surface area contributed by atoms with Gasteiger partial charge in [-0.1, -0.05) is 57.9 Å². The van der Waals surface area contributed by atoms with Gasteiger partial charge in [-0.25, -0.2) is 0 Å². The fourth-order valence-electron chi connectivity index (χ4n) is 2.15. The number of hydrogen-bond acceptors (Lipinski definition) is 0. The van der Waals surface area contributed by atoms with Gasteiger partial charge < -0.3 is 0 Å². The fraction of sp³-hybridized carbons (Fsp3) is 0.667. The van der Waals surface area contributed by atoms with Crippen LogP contribution in [0, 0.1) is 17.8 Å². The van der Waals surface area contributed by atoms with Crippen molar-refractivity contribution in [1.82, 2.24) is 0 Å². The molecule has 0 nitrogen and oxygen atoms in total. The van der Waals surface area contributed by atoms with Crippen molar-refractivity contribution in [1.29, 1.82) is 0 Å². The zero-order chi connectivity index (χ0) is 8.97. The van der Waals surface area contributed by atoms with Crippen molar-refractivity contribution >= 4 is 0 Å². The summed E-state index contributed by atoms with van der Waals surface area (Å²) in [5.74, 6) is 2.39. The van der Waals surface area contributed by atoms with Crippen molar-refractivity contribution in [3.8, 4) is 0 Å². The Hall–Kier alpha value is -0.520. The highest BCUT2D eigenvalue weighted by molar-refractivity contribution is 5.14. The van der Waals surface area contributed by atoms with E-state index in [2.05, 4.69) is 45.1 Å². The van der Waals surface area contributed by atoms with Crippen LogP contribution in [0.3, 0.4) is 0 Å². The van der Waals surface area contributed by atoms with Crippen molar-refractivity contribution in [3.05, 3.63) is 24.3 Å². The van der Waals surface area contributed by atoms with E-state index in [1.807, 2.05) is 0 Å². The molecule has 0 saturated heterocycles. The summed E-state index contributed by atoms with van der Waals surface area (Å²) in [6.45, 7) is 6.92. The van der Waals surface area contributed by atoms with Crippen molar-refractivity contribution in [3.63, 3.8) is 0 Å². The van der Waals surface area contributed by atoms with Gasteiger partial charge >= 0.3 is 0 Å². The van der Waals surface area contributed by atoms with Gasteiger partial charge in [-0.15, -0.1) is 0 Å². The van der Waals surface area contributed by atoms with Gasteiger partial charge in [0, 0.05) is 0 Å². The Balaban J connectivity index is 2.60. The smallest absolute Gasteiger partial charge is 0.0142 e. The summed E-state index contributed by atoms with van der Waals surface area (Å²) < 4.78 is 0. The Morgan fingerprint density at radius 3 is 2.17 bits per heavy atom. The molecule has 2 atom stereocenters. The third-order valence-electron chi connectivity index (χ3n) is 3.06. The molecule has 68 valence electrons. The van der Waals surface area contributed by atoms with Crippen LogP contribution in [0.5, 0.6) is 0 Å². The van der Waals surface area contributed by atoms with E-state index in [4.69, 9.17) is 0 Å². The molecule has 2 unspecified atom stereocenters. The van der Waals surface area contributed by atoms with Crippen LogP contribution < -0.4 is 0 Å². The first kappa shape index (κ1) is 9.57. The van der Waals surface area contributed by atoms with E-state index in [0.29, 0.717) is 0 Å². The van der Waals surface area contributed by atoms with Gasteiger partial charge in [-0.2, -0.15) is 0 Å². The van der Waals surface area contributed by atoms with Crippen molar-refractivity contribution < 1.29 is 0 Å². The minimum atomic E-state index is 0.736. The van der Waals surface area contributed by atoms with Gasteiger partial charge in [-0.05, 0) is 17.8 Å². The van der Waals surface area contributed by atoms with E-state index in [-0.39, 0.29) is 0 Å². The van der Waals surface area contributed by atoms with Crippen LogP contribution >= 0.6 is 0 Å². The summed E-state index contributed by atoms with van der Waals surface area (Å²) in [4.78, 5) is 0. The predicted molar refractivity (Wildman–Crippen MR) is 55.0 cm³/mol. The normalized spacial score (nSPS) is 28.3. The largest absolute Gasteiger partial charge is 0.0811 e. The van der Waals surface area contributed by atoms with Gasteiger partial charge in [0.05, 0.1) is 0 Å². The zero-order valence-corrected chi connectivity index (χ0v) is 8.46. The molecule has 12 heavy (non-hydrogen) atoms. The number of hydrogen-bond donors (Lipinski definition) is 0. The van der Waals surface area contributed by atoms with Crippen LogP contribution in [0.25, 0.3) is 0 Å². The standard InChI is InChI=1S/C12H20/c1-4-11(5-2)12-9-7-6-8-10(12)3/h6-12H,4-5H2,1-3H3. The lowest BCUT2D eigenvalue weighted by atomic mass is 9.77. The quantitative estimate of drug-likeness (QED) is 0.595. The summed E-state index contributed by atoms with van der Waals surface area (Å²) in [7, 11) is 0. The lowest BCUT2D eigenvalue weighted by Gasteiger charge is -2.28. The van der Waals surface area contributed by atoms with Crippen molar-refractivity contribution in [2.45, 2.75) is 33.6 Å². The molecule has 0 bridgehead atoms. The average Bonchev–Trinajstić information content (AvgIpc) is 2.10. The molecular weight excluding hydrogens is 144 g/mol. The Morgan fingerprint density at radius 2 is 1.67 bits per heavy atom. The minimum Gasteiger partial charge on any atom is -0.0811 e. The molecule has 1 rings (SSSR count). The molecule has 0 aromatic carbocycles. The minimum absolute atomic E-state index is 0.736. The molecule has 1 aliphatic carbocycles. The second kappa shape index (κ2) is 4.49. The Bertz CT molecular complexity index is 172. The lowest BCUT2D eigenvalue weighted by Crippen LogP contribution is -2.19. The summed E-state index contributed by atoms with van der Waals surface area (Å²) in [5, 5.41) is 0. The maximum absolute atomic E-state index is 2.38. The molecule has 0 aromatic rings. The zero-order valence-electron chi connectivity index (χ0n) is 8.46. The third kappa shape index (κ3) is 2.00. The van der Waals surface area contributed by atoms with E-state index in [0.717, 1.165) is 17.8 Å². The second-order valence-corrected chi connectivity index (χ2v) is 3.78. The van der Waals surface area contributed by atoms with Crippen molar-refractivity contribution in [2.75, 3.05) is 0 Å². The molecule has 0 aliphatic heterocycles. The van der Waals surface area contributed by atoms with Crippen LogP contribution in [0.4, 0.5) is 0 Å². The predicted octanol–water partition coefficient (Wildman–Crippen LogP) is 3.80. The first-order valence-corrected chi connectivity index (χ1v) is 5.14. The highest BCUT2D eigenvalue weighted by atomic mass is 14.3. The Labute approximate surface area is 76.4 Å². The summed E-state index contributed by atoms with van der Waals surface area (Å²) in [5.41, 5.74) is 0. The van der Waals surface area contributed by atoms with Gasteiger partial charge in [0.1, 0.15) is 0 Å². The molecule has 0 amide bonds. The molecule has 0 radical (unpaired) electrons. The topological polar surface area (TPSA) is 0 Å². The number of allylic oxidation sites excluding steroid dienone is 4. The SMILES string of the molecule is CCC(CC)C1C=CC=CC1C. The van der Waals surface area contributed by atoms with Crippen LogP contribution in [0.1, 0.15) is 33.6 Å². The van der Waals surface area contributed by atoms with E-state index >= 15 is 0 Å². The van der Waals surface area contributed by atoms with E-state index in [1.165, 1.54) is 12.8 Å². The molecule has 0 saturated carbocycles. The maximum Gasteiger partial charge on any atom is -0.0142 e. The summed E-state index contributed by atoms with van der Waals surface area (Å²) >= 11 is 0. The first-order valence-electron chi connectivity index (χ1n) is 5.14. The van der Waals surface area contributed by atoms with Crippen LogP contribution in [-0.4, -0.2) is 0 Å². The molecule has 0 heteroatoms. The van der Waals surface area contributed by atoms with Gasteiger partial charge in [0.25, 0.3) is 0 Å². The molecule has 0 N–H and O–H groups in total. The van der Waals surface area contributed by atoms with Gasteiger partial charge in [0.2, 0.25) is 0 Å². The third-order valence-corrected chi connectivity index (χ3v) is 3.06. The number of rotatable bonds is 3. The van der Waals surface area contributed by atoms with Crippen LogP contribution in [-0.2, 0) is 0 Å². The van der Waals surface area contributed by atoms with E-state index < -0.39 is 0 Å². The summed E-state index contributed by atoms with van der Waals surface area (Å²) in [6, 6.07) is 0. The van der Waals surface area contributed by atoms with E-state index in [1.54, 1.807) is 0 Å². The lowest BCUT2D eigenvalue weighted by molar-refractivity contribution is 0.313. The molecule has 0 aromatic heterocycles. The Kier molecular flexibility index (Phi) is 3.58. The highest BCUT2D eigenvalue weighted by Gasteiger charge is 2.21. The average molecular weight is 164 g/mol. The van der Waals surface area contributed by atoms with Crippen LogP contribution in [0.15, 0.2) is 24.3 Å². The fourth-order valence-corrected chi connectivity index (χ4v) is 2.15. The Morgan fingerprint density at radius 1 is 1.08 bits per heavy atom. The highest BCUT2D eigenvalue weighted by Crippen LogP contribution is 2.30. The molecule has 0 fully saturated rings. The van der Waals surface area contributed by atoms with Crippen molar-refractivity contribution in [2.24, 2.45) is 17.8 Å². The summed E-state index contributed by atoms with van der Waals surface area (Å²) in [6.07, 6.45) is 11.7. The van der Waals surface area contributed by atoms with E-state index in [9.17, 15) is 0 Å². The molecule has 0 heterocycles. The molecular formula is C12H20. The second-order valence-electron chi connectivity index (χ2n) is 3.78. The molecule has 1 aliphatic rings. The maximum atomic E-state index is 2.38. The first-order chi connectivity index (χ1) is 5.79. The van der Waals surface area contributed by atoms with Crippen LogP contribution in [0.2, 0.25) is 0 Å². The monoisotopic (exact) mass is 164 g/mol. The molecule has 0 spiro atoms. The van der Waals surface area contributed by atoms with Gasteiger partial charge in [-0.3, -0.25) is 0 Å².